The van der Waals surface area contributed by atoms with Gasteiger partial charge in [0.1, 0.15) is 5.76 Å². The van der Waals surface area contributed by atoms with Crippen molar-refractivity contribution in [2.45, 2.75) is 45.6 Å². The van der Waals surface area contributed by atoms with Crippen LogP contribution in [0.1, 0.15) is 60.7 Å². The number of anilines is 1. The Labute approximate surface area is 196 Å². The molecule has 1 atom stereocenters. The van der Waals surface area contributed by atoms with E-state index in [-0.39, 0.29) is 11.7 Å². The van der Waals surface area contributed by atoms with Crippen molar-refractivity contribution in [1.82, 2.24) is 9.62 Å². The van der Waals surface area contributed by atoms with Gasteiger partial charge in [0, 0.05) is 31.1 Å². The van der Waals surface area contributed by atoms with E-state index in [1.807, 2.05) is 12.1 Å². The lowest BCUT2D eigenvalue weighted by atomic mass is 9.80. The summed E-state index contributed by atoms with van der Waals surface area (Å²) >= 11 is 0. The Hall–Kier alpha value is -2.36. The maximum absolute atomic E-state index is 12.3. The van der Waals surface area contributed by atoms with Crippen molar-refractivity contribution in [2.75, 3.05) is 37.2 Å². The van der Waals surface area contributed by atoms with E-state index in [9.17, 15) is 13.2 Å². The lowest BCUT2D eigenvalue weighted by Crippen LogP contribution is -2.40. The molecule has 8 nitrogen and oxygen atoms in total. The zero-order valence-electron chi connectivity index (χ0n) is 19.4. The molecular formula is C24H34N4O4S. The smallest absolute Gasteiger partial charge is 0.250 e. The first-order valence-electron chi connectivity index (χ1n) is 11.8. The molecule has 9 heteroatoms. The minimum Gasteiger partial charge on any atom is -0.467 e. The van der Waals surface area contributed by atoms with Gasteiger partial charge in [-0.2, -0.15) is 0 Å². The van der Waals surface area contributed by atoms with Gasteiger partial charge in [-0.3, -0.25) is 4.79 Å². The number of sulfonamides is 1. The predicted octanol–water partition coefficient (Wildman–Crippen LogP) is 3.12. The van der Waals surface area contributed by atoms with E-state index in [1.54, 1.807) is 17.5 Å². The zero-order valence-corrected chi connectivity index (χ0v) is 20.2. The lowest BCUT2D eigenvalue weighted by molar-refractivity contribution is 0.100. The molecule has 1 unspecified atom stereocenters. The molecule has 1 aromatic heterocycles. The summed E-state index contributed by atoms with van der Waals surface area (Å²) in [5.74, 6) is 1.08. The van der Waals surface area contributed by atoms with Gasteiger partial charge in [0.05, 0.1) is 29.8 Å². The van der Waals surface area contributed by atoms with Crippen molar-refractivity contribution < 1.29 is 17.6 Å². The van der Waals surface area contributed by atoms with Crippen LogP contribution in [0.3, 0.4) is 0 Å². The molecule has 1 fully saturated rings. The largest absolute Gasteiger partial charge is 0.467 e. The predicted molar refractivity (Wildman–Crippen MR) is 130 cm³/mol. The molecule has 180 valence electrons. The molecule has 1 aromatic carbocycles. The molecule has 1 amide bonds. The van der Waals surface area contributed by atoms with Crippen LogP contribution in [-0.4, -0.2) is 50.6 Å². The van der Waals surface area contributed by atoms with Crippen LogP contribution in [-0.2, 0) is 16.6 Å². The number of hydrogen-bond donors (Lipinski definition) is 3. The van der Waals surface area contributed by atoms with Gasteiger partial charge in [-0.15, -0.1) is 0 Å². The number of nitrogens with one attached hydrogen (secondary N) is 2. The van der Waals surface area contributed by atoms with Crippen LogP contribution < -0.4 is 16.4 Å². The Kier molecular flexibility index (Phi) is 7.11. The quantitative estimate of drug-likeness (QED) is 0.481. The summed E-state index contributed by atoms with van der Waals surface area (Å²) in [6.07, 6.45) is 4.39. The Morgan fingerprint density at radius 1 is 1.21 bits per heavy atom. The summed E-state index contributed by atoms with van der Waals surface area (Å²) in [5.41, 5.74) is 9.96. The maximum Gasteiger partial charge on any atom is 0.250 e. The molecule has 2 aliphatic rings. The average molecular weight is 475 g/mol. The molecule has 3 heterocycles. The van der Waals surface area contributed by atoms with E-state index >= 15 is 0 Å². The van der Waals surface area contributed by atoms with E-state index in [1.165, 1.54) is 0 Å². The number of nitrogens with zero attached hydrogens (tertiary/aromatic N) is 1. The Balaban J connectivity index is 1.58. The molecule has 0 bridgehead atoms. The standard InChI is InChI=1S/C24H34N4O4S/c1-3-7-26-13-19-10-18(15-32-19)17-11-20-22(14-27-23(20)21(12-17)24(25)29)16-5-8-28(9-6-16)33(30,31)4-2/h10-12,15-16,22,26-27H,3-9,13-14H2,1-2H3,(H2,25,29). The van der Waals surface area contributed by atoms with Crippen LogP contribution in [0, 0.1) is 5.92 Å². The highest BCUT2D eigenvalue weighted by Gasteiger charge is 2.36. The molecule has 0 radical (unpaired) electrons. The number of benzene rings is 1. The normalized spacial score (nSPS) is 19.4. The molecule has 4 N–H and O–H groups in total. The number of rotatable bonds is 9. The Morgan fingerprint density at radius 2 is 1.97 bits per heavy atom. The van der Waals surface area contributed by atoms with Crippen LogP contribution in [0.25, 0.3) is 11.1 Å². The van der Waals surface area contributed by atoms with Gasteiger partial charge < -0.3 is 20.8 Å². The van der Waals surface area contributed by atoms with Crippen LogP contribution in [0.4, 0.5) is 5.69 Å². The zero-order chi connectivity index (χ0) is 23.6. The van der Waals surface area contributed by atoms with E-state index in [0.29, 0.717) is 31.1 Å². The molecular weight excluding hydrogens is 440 g/mol. The second-order valence-electron chi connectivity index (χ2n) is 8.96. The molecule has 0 spiro atoms. The van der Waals surface area contributed by atoms with Crippen LogP contribution in [0.5, 0.6) is 0 Å². The molecule has 2 aliphatic heterocycles. The topological polar surface area (TPSA) is 118 Å². The van der Waals surface area contributed by atoms with Gasteiger partial charge in [-0.05, 0) is 68.0 Å². The van der Waals surface area contributed by atoms with Gasteiger partial charge in [0.2, 0.25) is 10.0 Å². The van der Waals surface area contributed by atoms with Gasteiger partial charge in [0.15, 0.2) is 0 Å². The van der Waals surface area contributed by atoms with Crippen LogP contribution >= 0.6 is 0 Å². The number of furan rings is 1. The SMILES string of the molecule is CCCNCc1cc(-c2cc(C(N)=O)c3c(c2)C(C2CCN(S(=O)(=O)CC)CC2)CN3)co1. The summed E-state index contributed by atoms with van der Waals surface area (Å²) in [7, 11) is -3.15. The van der Waals surface area contributed by atoms with Gasteiger partial charge in [0.25, 0.3) is 5.91 Å². The number of fused-ring (bicyclic) bond motifs is 1. The fourth-order valence-electron chi connectivity index (χ4n) is 5.01. The van der Waals surface area contributed by atoms with Crippen LogP contribution in [0.15, 0.2) is 28.9 Å². The van der Waals surface area contributed by atoms with Crippen LogP contribution in [0.2, 0.25) is 0 Å². The monoisotopic (exact) mass is 474 g/mol. The van der Waals surface area contributed by atoms with Crippen molar-refractivity contribution in [3.05, 3.63) is 41.3 Å². The van der Waals surface area contributed by atoms with Crippen molar-refractivity contribution in [2.24, 2.45) is 11.7 Å². The summed E-state index contributed by atoms with van der Waals surface area (Å²) in [4.78, 5) is 12.3. The van der Waals surface area contributed by atoms with E-state index in [4.69, 9.17) is 10.2 Å². The van der Waals surface area contributed by atoms with Crippen molar-refractivity contribution in [3.63, 3.8) is 0 Å². The van der Waals surface area contributed by atoms with Gasteiger partial charge in [-0.1, -0.05) is 6.92 Å². The third-order valence-corrected chi connectivity index (χ3v) is 8.75. The number of piperidine rings is 1. The minimum atomic E-state index is -3.15. The molecule has 0 saturated carbocycles. The number of carbonyl (C=O) groups is 1. The number of hydrogen-bond acceptors (Lipinski definition) is 6. The molecule has 1 saturated heterocycles. The molecule has 2 aromatic rings. The van der Waals surface area contributed by atoms with Gasteiger partial charge >= 0.3 is 0 Å². The second-order valence-corrected chi connectivity index (χ2v) is 11.2. The highest BCUT2D eigenvalue weighted by molar-refractivity contribution is 7.89. The minimum absolute atomic E-state index is 0.136. The second kappa shape index (κ2) is 9.87. The summed E-state index contributed by atoms with van der Waals surface area (Å²) in [6.45, 7) is 7.20. The molecule has 33 heavy (non-hydrogen) atoms. The Morgan fingerprint density at radius 3 is 2.64 bits per heavy atom. The number of amides is 1. The first-order chi connectivity index (χ1) is 15.8. The summed E-state index contributed by atoms with van der Waals surface area (Å²) in [6, 6.07) is 5.97. The van der Waals surface area contributed by atoms with Crippen molar-refractivity contribution in [3.8, 4) is 11.1 Å². The highest BCUT2D eigenvalue weighted by Crippen LogP contribution is 2.44. The van der Waals surface area contributed by atoms with E-state index in [0.717, 1.165) is 60.5 Å². The van der Waals surface area contributed by atoms with Gasteiger partial charge in [-0.25, -0.2) is 12.7 Å². The third-order valence-electron chi connectivity index (χ3n) is 6.87. The molecule has 0 aliphatic carbocycles. The maximum atomic E-state index is 12.3. The fraction of sp³-hybridized carbons (Fsp3) is 0.542. The highest BCUT2D eigenvalue weighted by atomic mass is 32.2. The Bertz CT molecular complexity index is 1100. The number of carbonyl (C=O) groups excluding carboxylic acids is 1. The van der Waals surface area contributed by atoms with Crippen molar-refractivity contribution in [1.29, 1.82) is 0 Å². The summed E-state index contributed by atoms with van der Waals surface area (Å²) in [5, 5.41) is 6.73. The number of nitrogens with two attached hydrogens (primary N) is 1. The van der Waals surface area contributed by atoms with E-state index < -0.39 is 15.9 Å². The number of primary amides is 1. The first kappa shape index (κ1) is 23.8. The molecule has 4 rings (SSSR count). The van der Waals surface area contributed by atoms with E-state index in [2.05, 4.69) is 23.6 Å². The third kappa shape index (κ3) is 4.95. The lowest BCUT2D eigenvalue weighted by Gasteiger charge is -2.34. The average Bonchev–Trinajstić information content (AvgIpc) is 3.46. The fourth-order valence-corrected chi connectivity index (χ4v) is 6.14. The van der Waals surface area contributed by atoms with Crippen molar-refractivity contribution >= 4 is 21.6 Å². The summed E-state index contributed by atoms with van der Waals surface area (Å²) < 4.78 is 31.8. The first-order valence-corrected chi connectivity index (χ1v) is 13.4.